The Bertz CT molecular complexity index is 872. The zero-order chi connectivity index (χ0) is 20.4. The number of hydrogen-bond acceptors (Lipinski definition) is 9. The number of hydrogen-bond donors (Lipinski definition) is 1. The van der Waals surface area contributed by atoms with Gasteiger partial charge in [-0.25, -0.2) is 13.2 Å². The van der Waals surface area contributed by atoms with Crippen molar-refractivity contribution in [2.24, 2.45) is 0 Å². The summed E-state index contributed by atoms with van der Waals surface area (Å²) in [5.41, 5.74) is 0.418. The van der Waals surface area contributed by atoms with Gasteiger partial charge >= 0.3 is 5.63 Å². The zero-order valence-electron chi connectivity index (χ0n) is 16.6. The number of rotatable bonds is 5. The molecule has 4 rings (SSSR count). The van der Waals surface area contributed by atoms with Crippen LogP contribution >= 0.6 is 0 Å². The molecule has 10 heteroatoms. The van der Waals surface area contributed by atoms with E-state index in [1.54, 1.807) is 0 Å². The monoisotopic (exact) mass is 427 g/mol. The van der Waals surface area contributed by atoms with Crippen LogP contribution in [0, 0.1) is 0 Å². The summed E-state index contributed by atoms with van der Waals surface area (Å²) in [6.45, 7) is 6.73. The molecule has 3 saturated heterocycles. The standard InChI is InChI=1S/C19H29N3O6S/c23-18-15(11-21-6-8-27-9-7-21)13-28-19(24)17(18)12-20-2-4-22(5-3-20)16-1-10-29(25,26)14-16/h13,16,23H,1-12,14H2/t16-/m0/s1. The van der Waals surface area contributed by atoms with Crippen molar-refractivity contribution < 1.29 is 22.7 Å². The molecule has 29 heavy (non-hydrogen) atoms. The van der Waals surface area contributed by atoms with Crippen molar-refractivity contribution in [2.45, 2.75) is 25.6 Å². The number of aromatic hydroxyl groups is 1. The summed E-state index contributed by atoms with van der Waals surface area (Å²) in [6, 6.07) is 0.109. The summed E-state index contributed by atoms with van der Waals surface area (Å²) < 4.78 is 34.0. The van der Waals surface area contributed by atoms with E-state index in [4.69, 9.17) is 9.15 Å². The Morgan fingerprint density at radius 2 is 1.72 bits per heavy atom. The second-order valence-corrected chi connectivity index (χ2v) is 10.4. The number of piperazine rings is 1. The SMILES string of the molecule is O=c1occ(CN2CCOCC2)c(O)c1CN1CCN([C@H]2CCS(=O)(=O)C2)CC1. The zero-order valence-corrected chi connectivity index (χ0v) is 17.4. The number of sulfone groups is 1. The predicted octanol–water partition coefficient (Wildman–Crippen LogP) is -0.518. The van der Waals surface area contributed by atoms with Crippen LogP contribution in [0.3, 0.4) is 0 Å². The van der Waals surface area contributed by atoms with E-state index in [2.05, 4.69) is 14.7 Å². The Labute approximate surface area is 170 Å². The molecule has 1 aromatic rings. The fraction of sp³-hybridized carbons (Fsp3) is 0.737. The van der Waals surface area contributed by atoms with Gasteiger partial charge in [0.15, 0.2) is 9.84 Å². The van der Waals surface area contributed by atoms with Gasteiger partial charge in [0, 0.05) is 64.0 Å². The molecule has 0 radical (unpaired) electrons. The molecule has 3 fully saturated rings. The molecule has 3 aliphatic rings. The minimum atomic E-state index is -2.89. The highest BCUT2D eigenvalue weighted by Gasteiger charge is 2.34. The highest BCUT2D eigenvalue weighted by molar-refractivity contribution is 7.91. The van der Waals surface area contributed by atoms with Crippen molar-refractivity contribution >= 4 is 9.84 Å². The summed E-state index contributed by atoms with van der Waals surface area (Å²) in [4.78, 5) is 18.8. The summed E-state index contributed by atoms with van der Waals surface area (Å²) in [6.07, 6.45) is 2.06. The van der Waals surface area contributed by atoms with Crippen LogP contribution in [0.2, 0.25) is 0 Å². The first-order valence-electron chi connectivity index (χ1n) is 10.2. The maximum absolute atomic E-state index is 12.2. The van der Waals surface area contributed by atoms with E-state index >= 15 is 0 Å². The maximum Gasteiger partial charge on any atom is 0.343 e. The lowest BCUT2D eigenvalue weighted by Crippen LogP contribution is -2.50. The summed E-state index contributed by atoms with van der Waals surface area (Å²) >= 11 is 0. The van der Waals surface area contributed by atoms with Crippen LogP contribution in [-0.2, 0) is 27.7 Å². The van der Waals surface area contributed by atoms with E-state index in [0.717, 1.165) is 39.3 Å². The summed E-state index contributed by atoms with van der Waals surface area (Å²) in [5.74, 6) is 0.556. The van der Waals surface area contributed by atoms with Gasteiger partial charge in [0.1, 0.15) is 12.0 Å². The Hall–Kier alpha value is -1.46. The van der Waals surface area contributed by atoms with Crippen LogP contribution in [0.5, 0.6) is 5.75 Å². The van der Waals surface area contributed by atoms with E-state index < -0.39 is 15.5 Å². The third-order valence-corrected chi connectivity index (χ3v) is 7.91. The second-order valence-electron chi connectivity index (χ2n) is 8.13. The van der Waals surface area contributed by atoms with E-state index in [0.29, 0.717) is 43.9 Å². The minimum absolute atomic E-state index is 0.0251. The highest BCUT2D eigenvalue weighted by Crippen LogP contribution is 2.24. The lowest BCUT2D eigenvalue weighted by atomic mass is 10.1. The molecule has 0 spiro atoms. The van der Waals surface area contributed by atoms with Gasteiger partial charge in [-0.3, -0.25) is 14.7 Å². The van der Waals surface area contributed by atoms with Crippen molar-refractivity contribution in [2.75, 3.05) is 64.0 Å². The Morgan fingerprint density at radius 1 is 1.03 bits per heavy atom. The summed E-state index contributed by atoms with van der Waals surface area (Å²) in [7, 11) is -2.89. The van der Waals surface area contributed by atoms with Gasteiger partial charge in [-0.15, -0.1) is 0 Å². The van der Waals surface area contributed by atoms with Crippen LogP contribution in [0.25, 0.3) is 0 Å². The average Bonchev–Trinajstić information content (AvgIpc) is 3.08. The highest BCUT2D eigenvalue weighted by atomic mass is 32.2. The lowest BCUT2D eigenvalue weighted by Gasteiger charge is -2.37. The van der Waals surface area contributed by atoms with E-state index in [1.807, 2.05) is 0 Å². The van der Waals surface area contributed by atoms with Gasteiger partial charge in [0.2, 0.25) is 0 Å². The normalized spacial score (nSPS) is 26.7. The molecule has 1 atom stereocenters. The molecular weight excluding hydrogens is 398 g/mol. The Morgan fingerprint density at radius 3 is 2.38 bits per heavy atom. The number of ether oxygens (including phenoxy) is 1. The minimum Gasteiger partial charge on any atom is -0.507 e. The topological polar surface area (TPSA) is 104 Å². The molecule has 0 aromatic carbocycles. The quantitative estimate of drug-likeness (QED) is 0.665. The molecule has 0 amide bonds. The van der Waals surface area contributed by atoms with E-state index in [-0.39, 0.29) is 23.3 Å². The Kier molecular flexibility index (Phi) is 6.26. The molecule has 0 unspecified atom stereocenters. The van der Waals surface area contributed by atoms with Gasteiger partial charge in [0.25, 0.3) is 0 Å². The maximum atomic E-state index is 12.2. The van der Waals surface area contributed by atoms with Gasteiger partial charge in [-0.1, -0.05) is 0 Å². The van der Waals surface area contributed by atoms with Gasteiger partial charge in [0.05, 0.1) is 30.3 Å². The molecule has 0 bridgehead atoms. The van der Waals surface area contributed by atoms with Crippen LogP contribution in [-0.4, -0.2) is 98.3 Å². The largest absolute Gasteiger partial charge is 0.507 e. The third kappa shape index (κ3) is 5.00. The second kappa shape index (κ2) is 8.73. The fourth-order valence-corrected chi connectivity index (χ4v) is 6.13. The molecule has 0 aliphatic carbocycles. The van der Waals surface area contributed by atoms with Crippen LogP contribution in [0.15, 0.2) is 15.5 Å². The van der Waals surface area contributed by atoms with Crippen LogP contribution in [0.1, 0.15) is 17.5 Å². The van der Waals surface area contributed by atoms with Gasteiger partial charge < -0.3 is 14.3 Å². The third-order valence-electron chi connectivity index (χ3n) is 6.16. The van der Waals surface area contributed by atoms with Crippen LogP contribution in [0.4, 0.5) is 0 Å². The van der Waals surface area contributed by atoms with Crippen molar-refractivity contribution in [1.82, 2.24) is 14.7 Å². The number of nitrogens with zero attached hydrogens (tertiary/aromatic N) is 3. The lowest BCUT2D eigenvalue weighted by molar-refractivity contribution is 0.0335. The molecule has 9 nitrogen and oxygen atoms in total. The average molecular weight is 428 g/mol. The van der Waals surface area contributed by atoms with Gasteiger partial charge in [-0.2, -0.15) is 0 Å². The first-order valence-corrected chi connectivity index (χ1v) is 12.0. The Balaban J connectivity index is 1.37. The smallest absolute Gasteiger partial charge is 0.343 e. The van der Waals surface area contributed by atoms with E-state index in [9.17, 15) is 18.3 Å². The molecule has 4 heterocycles. The van der Waals surface area contributed by atoms with E-state index in [1.165, 1.54) is 6.26 Å². The first-order chi connectivity index (χ1) is 13.9. The van der Waals surface area contributed by atoms with Crippen molar-refractivity contribution in [3.05, 3.63) is 27.8 Å². The summed E-state index contributed by atoms with van der Waals surface area (Å²) in [5, 5.41) is 10.7. The van der Waals surface area contributed by atoms with Crippen molar-refractivity contribution in [3.63, 3.8) is 0 Å². The fourth-order valence-electron chi connectivity index (χ4n) is 4.37. The molecule has 0 saturated carbocycles. The molecule has 3 aliphatic heterocycles. The van der Waals surface area contributed by atoms with Gasteiger partial charge in [-0.05, 0) is 6.42 Å². The molecule has 162 valence electrons. The number of morpholine rings is 1. The molecular formula is C19H29N3O6S. The van der Waals surface area contributed by atoms with Crippen molar-refractivity contribution in [1.29, 1.82) is 0 Å². The molecule has 1 N–H and O–H groups in total. The van der Waals surface area contributed by atoms with Crippen LogP contribution < -0.4 is 5.63 Å². The molecule has 1 aromatic heterocycles. The predicted molar refractivity (Wildman–Crippen MR) is 107 cm³/mol. The van der Waals surface area contributed by atoms with Crippen molar-refractivity contribution in [3.8, 4) is 5.75 Å². The first kappa shape index (κ1) is 20.8.